The third kappa shape index (κ3) is 3.14. The summed E-state index contributed by atoms with van der Waals surface area (Å²) in [7, 11) is 1.55. The summed E-state index contributed by atoms with van der Waals surface area (Å²) >= 11 is 0. The zero-order valence-electron chi connectivity index (χ0n) is 11.7. The number of carbonyl (C=O) groups excluding carboxylic acids is 1. The molecule has 0 fully saturated rings. The standard InChI is InChI=1S/C15H22N2O2/c1-3-13(16)9-11-4-5-14-12(8-11)6-7-17(14)15(18)10-19-2/h4-5,8,13H,3,6-7,9-10,16H2,1-2H3. The van der Waals surface area contributed by atoms with Crippen LogP contribution < -0.4 is 10.6 Å². The van der Waals surface area contributed by atoms with Crippen molar-refractivity contribution in [1.29, 1.82) is 0 Å². The van der Waals surface area contributed by atoms with Crippen molar-refractivity contribution in [3.05, 3.63) is 29.3 Å². The fourth-order valence-corrected chi connectivity index (χ4v) is 2.49. The molecule has 0 saturated heterocycles. The molecule has 19 heavy (non-hydrogen) atoms. The number of hydrogen-bond donors (Lipinski definition) is 1. The topological polar surface area (TPSA) is 55.6 Å². The van der Waals surface area contributed by atoms with Crippen LogP contribution in [0.3, 0.4) is 0 Å². The molecule has 1 aliphatic rings. The number of nitrogens with two attached hydrogens (primary N) is 1. The van der Waals surface area contributed by atoms with Crippen LogP contribution in [0.15, 0.2) is 18.2 Å². The Labute approximate surface area is 114 Å². The fourth-order valence-electron chi connectivity index (χ4n) is 2.49. The molecule has 1 amide bonds. The van der Waals surface area contributed by atoms with E-state index in [9.17, 15) is 4.79 Å². The molecule has 1 atom stereocenters. The van der Waals surface area contributed by atoms with E-state index in [1.807, 2.05) is 11.0 Å². The number of benzene rings is 1. The Morgan fingerprint density at radius 1 is 1.53 bits per heavy atom. The largest absolute Gasteiger partial charge is 0.375 e. The van der Waals surface area contributed by atoms with Crippen molar-refractivity contribution >= 4 is 11.6 Å². The summed E-state index contributed by atoms with van der Waals surface area (Å²) < 4.78 is 4.91. The van der Waals surface area contributed by atoms with Gasteiger partial charge in [0.1, 0.15) is 6.61 Å². The smallest absolute Gasteiger partial charge is 0.252 e. The molecule has 4 heteroatoms. The lowest BCUT2D eigenvalue weighted by Crippen LogP contribution is -2.31. The Balaban J connectivity index is 2.13. The molecule has 0 aromatic heterocycles. The highest BCUT2D eigenvalue weighted by molar-refractivity contribution is 5.96. The third-order valence-corrected chi connectivity index (χ3v) is 3.63. The minimum Gasteiger partial charge on any atom is -0.375 e. The van der Waals surface area contributed by atoms with Crippen molar-refractivity contribution in [2.24, 2.45) is 5.73 Å². The van der Waals surface area contributed by atoms with Gasteiger partial charge in [0.05, 0.1) is 0 Å². The van der Waals surface area contributed by atoms with Gasteiger partial charge >= 0.3 is 0 Å². The quantitative estimate of drug-likeness (QED) is 0.875. The van der Waals surface area contributed by atoms with Gasteiger partial charge in [-0.3, -0.25) is 4.79 Å². The van der Waals surface area contributed by atoms with E-state index in [0.29, 0.717) is 0 Å². The molecule has 1 unspecified atom stereocenters. The first kappa shape index (κ1) is 14.0. The summed E-state index contributed by atoms with van der Waals surface area (Å²) in [6.07, 6.45) is 2.80. The maximum Gasteiger partial charge on any atom is 0.252 e. The monoisotopic (exact) mass is 262 g/mol. The van der Waals surface area contributed by atoms with Gasteiger partial charge in [-0.15, -0.1) is 0 Å². The first-order valence-corrected chi connectivity index (χ1v) is 6.82. The molecule has 0 bridgehead atoms. The Morgan fingerprint density at radius 3 is 3.00 bits per heavy atom. The van der Waals surface area contributed by atoms with Gasteiger partial charge in [0.15, 0.2) is 0 Å². The lowest BCUT2D eigenvalue weighted by atomic mass is 10.0. The van der Waals surface area contributed by atoms with Crippen LogP contribution in [0, 0.1) is 0 Å². The third-order valence-electron chi connectivity index (χ3n) is 3.63. The lowest BCUT2D eigenvalue weighted by molar-refractivity contribution is -0.122. The number of anilines is 1. The van der Waals surface area contributed by atoms with E-state index in [1.165, 1.54) is 11.1 Å². The summed E-state index contributed by atoms with van der Waals surface area (Å²) in [5.74, 6) is 0.0271. The van der Waals surface area contributed by atoms with Gasteiger partial charge in [0.25, 0.3) is 5.91 Å². The van der Waals surface area contributed by atoms with E-state index in [-0.39, 0.29) is 18.6 Å². The van der Waals surface area contributed by atoms with Gasteiger partial charge < -0.3 is 15.4 Å². The Bertz CT molecular complexity index is 459. The SMILES string of the molecule is CCC(N)Cc1ccc2c(c1)CCN2C(=O)COC. The van der Waals surface area contributed by atoms with E-state index in [0.717, 1.165) is 31.5 Å². The molecule has 1 aromatic rings. The first-order valence-electron chi connectivity index (χ1n) is 6.82. The van der Waals surface area contributed by atoms with Gasteiger partial charge in [-0.05, 0) is 36.5 Å². The van der Waals surface area contributed by atoms with Crippen molar-refractivity contribution < 1.29 is 9.53 Å². The number of nitrogens with zero attached hydrogens (tertiary/aromatic N) is 1. The molecule has 2 rings (SSSR count). The van der Waals surface area contributed by atoms with Crippen molar-refractivity contribution in [2.75, 3.05) is 25.2 Å². The van der Waals surface area contributed by atoms with Crippen molar-refractivity contribution in [2.45, 2.75) is 32.2 Å². The number of methoxy groups -OCH3 is 1. The van der Waals surface area contributed by atoms with Gasteiger partial charge in [0.2, 0.25) is 0 Å². The minimum absolute atomic E-state index is 0.0271. The second kappa shape index (κ2) is 6.17. The number of amides is 1. The first-order chi connectivity index (χ1) is 9.15. The van der Waals surface area contributed by atoms with Crippen LogP contribution in [0.2, 0.25) is 0 Å². The second-order valence-corrected chi connectivity index (χ2v) is 5.06. The van der Waals surface area contributed by atoms with E-state index in [4.69, 9.17) is 10.5 Å². The fraction of sp³-hybridized carbons (Fsp3) is 0.533. The second-order valence-electron chi connectivity index (χ2n) is 5.06. The van der Waals surface area contributed by atoms with Crippen LogP contribution in [-0.2, 0) is 22.4 Å². The van der Waals surface area contributed by atoms with Gasteiger partial charge in [0, 0.05) is 25.4 Å². The van der Waals surface area contributed by atoms with Crippen molar-refractivity contribution in [3.8, 4) is 0 Å². The maximum absolute atomic E-state index is 11.9. The molecule has 1 heterocycles. The maximum atomic E-state index is 11.9. The highest BCUT2D eigenvalue weighted by Gasteiger charge is 2.24. The highest BCUT2D eigenvalue weighted by atomic mass is 16.5. The average Bonchev–Trinajstić information content (AvgIpc) is 2.82. The summed E-state index contributed by atoms with van der Waals surface area (Å²) in [6.45, 7) is 2.99. The minimum atomic E-state index is 0.0271. The summed E-state index contributed by atoms with van der Waals surface area (Å²) in [5, 5.41) is 0. The van der Waals surface area contributed by atoms with Crippen molar-refractivity contribution in [3.63, 3.8) is 0 Å². The molecule has 4 nitrogen and oxygen atoms in total. The molecule has 0 radical (unpaired) electrons. The zero-order chi connectivity index (χ0) is 13.8. The zero-order valence-corrected chi connectivity index (χ0v) is 11.7. The summed E-state index contributed by atoms with van der Waals surface area (Å²) in [5.41, 5.74) is 9.51. The van der Waals surface area contributed by atoms with Gasteiger partial charge in [-0.25, -0.2) is 0 Å². The van der Waals surface area contributed by atoms with Crippen LogP contribution in [0.5, 0.6) is 0 Å². The summed E-state index contributed by atoms with van der Waals surface area (Å²) in [4.78, 5) is 13.7. The van der Waals surface area contributed by atoms with Crippen LogP contribution in [0.1, 0.15) is 24.5 Å². The predicted molar refractivity (Wildman–Crippen MR) is 76.3 cm³/mol. The molecular weight excluding hydrogens is 240 g/mol. The lowest BCUT2D eigenvalue weighted by Gasteiger charge is -2.17. The molecule has 2 N–H and O–H groups in total. The Hall–Kier alpha value is -1.39. The summed E-state index contributed by atoms with van der Waals surface area (Å²) in [6, 6.07) is 6.51. The Morgan fingerprint density at radius 2 is 2.32 bits per heavy atom. The average molecular weight is 262 g/mol. The van der Waals surface area contributed by atoms with E-state index in [1.54, 1.807) is 7.11 Å². The van der Waals surface area contributed by atoms with Crippen LogP contribution in [-0.4, -0.2) is 32.2 Å². The van der Waals surface area contributed by atoms with E-state index in [2.05, 4.69) is 19.1 Å². The highest BCUT2D eigenvalue weighted by Crippen LogP contribution is 2.29. The normalized spacial score (nSPS) is 15.4. The number of ether oxygens (including phenoxy) is 1. The van der Waals surface area contributed by atoms with Gasteiger partial charge in [-0.2, -0.15) is 0 Å². The van der Waals surface area contributed by atoms with Crippen molar-refractivity contribution in [1.82, 2.24) is 0 Å². The van der Waals surface area contributed by atoms with E-state index >= 15 is 0 Å². The molecule has 0 aliphatic carbocycles. The molecule has 104 valence electrons. The van der Waals surface area contributed by atoms with Crippen LogP contribution >= 0.6 is 0 Å². The van der Waals surface area contributed by atoms with E-state index < -0.39 is 0 Å². The molecule has 1 aromatic carbocycles. The molecular formula is C15H22N2O2. The van der Waals surface area contributed by atoms with Gasteiger partial charge in [-0.1, -0.05) is 19.1 Å². The molecule has 0 spiro atoms. The Kier molecular flexibility index (Phi) is 4.56. The van der Waals surface area contributed by atoms with Crippen LogP contribution in [0.4, 0.5) is 5.69 Å². The number of carbonyl (C=O) groups is 1. The number of hydrogen-bond acceptors (Lipinski definition) is 3. The molecule has 0 saturated carbocycles. The van der Waals surface area contributed by atoms with Crippen LogP contribution in [0.25, 0.3) is 0 Å². The number of rotatable bonds is 5. The number of fused-ring (bicyclic) bond motifs is 1. The molecule has 1 aliphatic heterocycles. The predicted octanol–water partition coefficient (Wildman–Crippen LogP) is 1.50.